The highest BCUT2D eigenvalue weighted by Gasteiger charge is 2.18. The fourth-order valence-electron chi connectivity index (χ4n) is 1.87. The van der Waals surface area contributed by atoms with Crippen LogP contribution in [0.1, 0.15) is 18.2 Å². The maximum absolute atomic E-state index is 11.9. The van der Waals surface area contributed by atoms with Gasteiger partial charge < -0.3 is 14.5 Å². The number of benzene rings is 1. The van der Waals surface area contributed by atoms with Crippen molar-refractivity contribution < 1.29 is 18.7 Å². The molecule has 0 bridgehead atoms. The van der Waals surface area contributed by atoms with Crippen molar-refractivity contribution in [3.05, 3.63) is 54.0 Å². The second-order valence-corrected chi connectivity index (χ2v) is 6.00. The number of carbonyl (C=O) groups is 2. The number of hydrogen-bond donors (Lipinski definition) is 1. The fraction of sp³-hybridized carbons (Fsp3) is 0.294. The molecule has 2 rings (SSSR count). The van der Waals surface area contributed by atoms with E-state index in [0.717, 1.165) is 10.5 Å². The van der Waals surface area contributed by atoms with Crippen LogP contribution < -0.4 is 5.32 Å². The van der Waals surface area contributed by atoms with E-state index in [-0.39, 0.29) is 18.2 Å². The monoisotopic (exact) mass is 333 g/mol. The van der Waals surface area contributed by atoms with Crippen molar-refractivity contribution in [2.75, 3.05) is 5.75 Å². The first kappa shape index (κ1) is 17.1. The topological polar surface area (TPSA) is 68.5 Å². The lowest BCUT2D eigenvalue weighted by atomic mass is 10.2. The first-order chi connectivity index (χ1) is 11.1. The second-order valence-electron chi connectivity index (χ2n) is 4.98. The molecule has 23 heavy (non-hydrogen) atoms. The van der Waals surface area contributed by atoms with Crippen molar-refractivity contribution in [1.82, 2.24) is 5.32 Å². The molecule has 0 aliphatic rings. The lowest BCUT2D eigenvalue weighted by Crippen LogP contribution is -2.35. The second kappa shape index (κ2) is 8.43. The quantitative estimate of drug-likeness (QED) is 0.623. The number of nitrogens with one attached hydrogen (secondary N) is 1. The zero-order chi connectivity index (χ0) is 16.7. The van der Waals surface area contributed by atoms with Gasteiger partial charge in [-0.25, -0.2) is 0 Å². The molecule has 0 aliphatic heterocycles. The summed E-state index contributed by atoms with van der Waals surface area (Å²) < 4.78 is 10.3. The van der Waals surface area contributed by atoms with Crippen molar-refractivity contribution in [1.29, 1.82) is 0 Å². The van der Waals surface area contributed by atoms with E-state index < -0.39 is 12.1 Å². The smallest absolute Gasteiger partial charge is 0.317 e. The maximum Gasteiger partial charge on any atom is 0.317 e. The Kier molecular flexibility index (Phi) is 6.29. The Bertz CT molecular complexity index is 654. The number of rotatable bonds is 7. The van der Waals surface area contributed by atoms with Gasteiger partial charge in [0.05, 0.1) is 18.6 Å². The van der Waals surface area contributed by atoms with Gasteiger partial charge in [-0.2, -0.15) is 0 Å². The molecule has 1 aromatic heterocycles. The van der Waals surface area contributed by atoms with Crippen LogP contribution in [0.25, 0.3) is 0 Å². The van der Waals surface area contributed by atoms with Crippen molar-refractivity contribution in [2.45, 2.75) is 31.4 Å². The molecule has 1 aromatic carbocycles. The zero-order valence-corrected chi connectivity index (χ0v) is 13.9. The third kappa shape index (κ3) is 5.49. The Morgan fingerprint density at radius 1 is 1.26 bits per heavy atom. The Labute approximate surface area is 139 Å². The highest BCUT2D eigenvalue weighted by atomic mass is 32.2. The summed E-state index contributed by atoms with van der Waals surface area (Å²) >= 11 is 1.40. The standard InChI is InChI=1S/C17H19NO4S/c1-12-6-3-4-8-15(12)23-11-16(19)22-13(2)17(20)18-10-14-7-5-9-21-14/h3-9,13H,10-11H2,1-2H3,(H,18,20)/t13-/m0/s1. The molecular weight excluding hydrogens is 314 g/mol. The van der Waals surface area contributed by atoms with E-state index in [1.807, 2.05) is 31.2 Å². The minimum atomic E-state index is -0.838. The highest BCUT2D eigenvalue weighted by Crippen LogP contribution is 2.21. The van der Waals surface area contributed by atoms with E-state index in [0.29, 0.717) is 5.76 Å². The summed E-state index contributed by atoms with van der Waals surface area (Å²) in [4.78, 5) is 24.7. The predicted octanol–water partition coefficient (Wildman–Crippen LogP) is 2.93. The van der Waals surface area contributed by atoms with Crippen LogP contribution in [0.2, 0.25) is 0 Å². The molecule has 1 amide bonds. The van der Waals surface area contributed by atoms with Crippen LogP contribution in [0, 0.1) is 6.92 Å². The maximum atomic E-state index is 11.9. The average Bonchev–Trinajstić information content (AvgIpc) is 3.05. The molecule has 0 saturated carbocycles. The summed E-state index contributed by atoms with van der Waals surface area (Å²) in [6, 6.07) is 11.3. The van der Waals surface area contributed by atoms with Gasteiger partial charge in [-0.15, -0.1) is 11.8 Å². The number of ether oxygens (including phenoxy) is 1. The Morgan fingerprint density at radius 3 is 2.74 bits per heavy atom. The van der Waals surface area contributed by atoms with E-state index in [2.05, 4.69) is 5.32 Å². The first-order valence-corrected chi connectivity index (χ1v) is 8.23. The molecule has 0 spiro atoms. The minimum Gasteiger partial charge on any atom is -0.467 e. The summed E-state index contributed by atoms with van der Waals surface area (Å²) in [6.45, 7) is 3.80. The van der Waals surface area contributed by atoms with Crippen LogP contribution in [0.15, 0.2) is 52.0 Å². The number of thioether (sulfide) groups is 1. The molecule has 1 N–H and O–H groups in total. The third-order valence-electron chi connectivity index (χ3n) is 3.13. The van der Waals surface area contributed by atoms with E-state index in [1.54, 1.807) is 19.1 Å². The van der Waals surface area contributed by atoms with E-state index in [1.165, 1.54) is 18.0 Å². The minimum absolute atomic E-state index is 0.167. The molecule has 0 aliphatic carbocycles. The van der Waals surface area contributed by atoms with Gasteiger partial charge >= 0.3 is 5.97 Å². The number of amides is 1. The van der Waals surface area contributed by atoms with Gasteiger partial charge in [0, 0.05) is 4.90 Å². The normalized spacial score (nSPS) is 11.7. The number of furan rings is 1. The number of hydrogen-bond acceptors (Lipinski definition) is 5. The van der Waals surface area contributed by atoms with Crippen LogP contribution >= 0.6 is 11.8 Å². The molecule has 0 radical (unpaired) electrons. The van der Waals surface area contributed by atoms with Crippen molar-refractivity contribution in [2.24, 2.45) is 0 Å². The molecule has 0 saturated heterocycles. The largest absolute Gasteiger partial charge is 0.467 e. The van der Waals surface area contributed by atoms with Gasteiger partial charge in [0.15, 0.2) is 6.10 Å². The lowest BCUT2D eigenvalue weighted by Gasteiger charge is -2.13. The molecule has 2 aromatic rings. The van der Waals surface area contributed by atoms with Crippen LogP contribution in [0.5, 0.6) is 0 Å². The molecule has 0 unspecified atom stereocenters. The van der Waals surface area contributed by atoms with Gasteiger partial charge in [0.1, 0.15) is 5.76 Å². The summed E-state index contributed by atoms with van der Waals surface area (Å²) in [5.41, 5.74) is 1.11. The molecule has 1 heterocycles. The van der Waals surface area contributed by atoms with Gasteiger partial charge in [-0.3, -0.25) is 9.59 Å². The van der Waals surface area contributed by atoms with Gasteiger partial charge in [0.2, 0.25) is 0 Å². The Morgan fingerprint density at radius 2 is 2.04 bits per heavy atom. The predicted molar refractivity (Wildman–Crippen MR) is 88.0 cm³/mol. The highest BCUT2D eigenvalue weighted by molar-refractivity contribution is 8.00. The number of carbonyl (C=O) groups excluding carboxylic acids is 2. The fourth-order valence-corrected chi connectivity index (χ4v) is 2.68. The van der Waals surface area contributed by atoms with Gasteiger partial charge in [-0.05, 0) is 37.6 Å². The van der Waals surface area contributed by atoms with E-state index >= 15 is 0 Å². The SMILES string of the molecule is Cc1ccccc1SCC(=O)O[C@@H](C)C(=O)NCc1ccco1. The molecule has 6 heteroatoms. The van der Waals surface area contributed by atoms with Crippen LogP contribution in [0.4, 0.5) is 0 Å². The number of aryl methyl sites for hydroxylation is 1. The zero-order valence-electron chi connectivity index (χ0n) is 13.1. The Balaban J connectivity index is 1.73. The number of esters is 1. The van der Waals surface area contributed by atoms with Gasteiger partial charge in [-0.1, -0.05) is 18.2 Å². The molecule has 0 fully saturated rings. The van der Waals surface area contributed by atoms with E-state index in [9.17, 15) is 9.59 Å². The van der Waals surface area contributed by atoms with Crippen LogP contribution in [-0.2, 0) is 20.9 Å². The van der Waals surface area contributed by atoms with Crippen LogP contribution in [0.3, 0.4) is 0 Å². The van der Waals surface area contributed by atoms with Crippen LogP contribution in [-0.4, -0.2) is 23.7 Å². The summed E-state index contributed by atoms with van der Waals surface area (Å²) in [5, 5.41) is 2.66. The lowest BCUT2D eigenvalue weighted by molar-refractivity contribution is -0.152. The summed E-state index contributed by atoms with van der Waals surface area (Å²) in [7, 11) is 0. The summed E-state index contributed by atoms with van der Waals surface area (Å²) in [6.07, 6.45) is 0.697. The van der Waals surface area contributed by atoms with Crippen molar-refractivity contribution >= 4 is 23.6 Å². The van der Waals surface area contributed by atoms with Gasteiger partial charge in [0.25, 0.3) is 5.91 Å². The average molecular weight is 333 g/mol. The first-order valence-electron chi connectivity index (χ1n) is 7.24. The molecule has 122 valence electrons. The summed E-state index contributed by atoms with van der Waals surface area (Å²) in [5.74, 6) is 0.0437. The van der Waals surface area contributed by atoms with Crippen molar-refractivity contribution in [3.63, 3.8) is 0 Å². The van der Waals surface area contributed by atoms with Crippen molar-refractivity contribution in [3.8, 4) is 0 Å². The van der Waals surface area contributed by atoms with E-state index in [4.69, 9.17) is 9.15 Å². The molecular formula is C17H19NO4S. The Hall–Kier alpha value is -2.21. The molecule has 1 atom stereocenters. The third-order valence-corrected chi connectivity index (χ3v) is 4.28. The molecule has 5 nitrogen and oxygen atoms in total.